The van der Waals surface area contributed by atoms with Crippen molar-refractivity contribution in [3.05, 3.63) is 65.2 Å². The largest absolute Gasteiger partial charge is 0.497 e. The fourth-order valence-electron chi connectivity index (χ4n) is 3.64. The number of aryl methyl sites for hydroxylation is 1. The average molecular weight is 353 g/mol. The van der Waals surface area contributed by atoms with Crippen molar-refractivity contribution in [3.63, 3.8) is 0 Å². The highest BCUT2D eigenvalue weighted by molar-refractivity contribution is 5.31. The molecule has 0 aliphatic carbocycles. The summed E-state index contributed by atoms with van der Waals surface area (Å²) in [5.74, 6) is 1.41. The Balaban J connectivity index is 1.49. The lowest BCUT2D eigenvalue weighted by molar-refractivity contribution is 0.348. The Kier molecular flexibility index (Phi) is 7.10. The molecule has 0 radical (unpaired) electrons. The molecular formula is C23H32N2O. The van der Waals surface area contributed by atoms with E-state index in [4.69, 9.17) is 4.74 Å². The summed E-state index contributed by atoms with van der Waals surface area (Å²) in [6.07, 6.45) is 6.75. The van der Waals surface area contributed by atoms with Gasteiger partial charge in [0.1, 0.15) is 5.75 Å². The van der Waals surface area contributed by atoms with Crippen molar-refractivity contribution in [1.82, 2.24) is 10.6 Å². The summed E-state index contributed by atoms with van der Waals surface area (Å²) in [6.45, 7) is 4.24. The van der Waals surface area contributed by atoms with Crippen molar-refractivity contribution in [2.45, 2.75) is 51.1 Å². The number of hydrogen-bond acceptors (Lipinski definition) is 3. The lowest BCUT2D eigenvalue weighted by Crippen LogP contribution is -2.45. The molecule has 1 aliphatic rings. The van der Waals surface area contributed by atoms with Crippen molar-refractivity contribution < 1.29 is 4.74 Å². The van der Waals surface area contributed by atoms with Gasteiger partial charge < -0.3 is 4.74 Å². The summed E-state index contributed by atoms with van der Waals surface area (Å²) < 4.78 is 5.25. The zero-order valence-corrected chi connectivity index (χ0v) is 16.1. The van der Waals surface area contributed by atoms with Gasteiger partial charge in [-0.1, -0.05) is 62.6 Å². The number of nitrogens with one attached hydrogen (secondary N) is 2. The van der Waals surface area contributed by atoms with Crippen molar-refractivity contribution in [3.8, 4) is 5.75 Å². The zero-order valence-electron chi connectivity index (χ0n) is 16.1. The molecule has 0 amide bonds. The third-order valence-electron chi connectivity index (χ3n) is 5.36. The minimum atomic E-state index is 0.249. The van der Waals surface area contributed by atoms with Crippen LogP contribution < -0.4 is 15.4 Å². The highest BCUT2D eigenvalue weighted by Crippen LogP contribution is 2.23. The lowest BCUT2D eigenvalue weighted by atomic mass is 9.95. The monoisotopic (exact) mass is 352 g/mol. The molecule has 0 aromatic heterocycles. The minimum absolute atomic E-state index is 0.249. The molecule has 2 aromatic rings. The Bertz CT molecular complexity index is 643. The number of rotatable bonds is 8. The van der Waals surface area contributed by atoms with Crippen LogP contribution >= 0.6 is 0 Å². The van der Waals surface area contributed by atoms with Crippen LogP contribution in [0.15, 0.2) is 48.5 Å². The van der Waals surface area contributed by atoms with E-state index in [1.165, 1.54) is 48.8 Å². The topological polar surface area (TPSA) is 33.3 Å². The first-order valence-electron chi connectivity index (χ1n) is 9.99. The maximum Gasteiger partial charge on any atom is 0.118 e. The van der Waals surface area contributed by atoms with Gasteiger partial charge in [-0.25, -0.2) is 0 Å². The Labute approximate surface area is 158 Å². The third-order valence-corrected chi connectivity index (χ3v) is 5.36. The first-order valence-corrected chi connectivity index (χ1v) is 9.99. The first kappa shape index (κ1) is 18.9. The smallest absolute Gasteiger partial charge is 0.118 e. The van der Waals surface area contributed by atoms with Crippen LogP contribution in [0.3, 0.4) is 0 Å². The fourth-order valence-corrected chi connectivity index (χ4v) is 3.64. The summed E-state index contributed by atoms with van der Waals surface area (Å²) >= 11 is 0. The molecule has 2 aromatic carbocycles. The van der Waals surface area contributed by atoms with Crippen LogP contribution in [0.4, 0.5) is 0 Å². The Morgan fingerprint density at radius 1 is 0.846 bits per heavy atom. The molecule has 1 heterocycles. The number of hydrogen-bond donors (Lipinski definition) is 2. The maximum atomic E-state index is 5.25. The van der Waals surface area contributed by atoms with Gasteiger partial charge in [-0.15, -0.1) is 0 Å². The summed E-state index contributed by atoms with van der Waals surface area (Å²) in [5, 5.41) is 7.30. The van der Waals surface area contributed by atoms with Gasteiger partial charge in [-0.2, -0.15) is 0 Å². The Morgan fingerprint density at radius 3 is 2.12 bits per heavy atom. The molecule has 3 nitrogen and oxygen atoms in total. The summed E-state index contributed by atoms with van der Waals surface area (Å²) in [7, 11) is 1.71. The van der Waals surface area contributed by atoms with Gasteiger partial charge in [0, 0.05) is 19.0 Å². The first-order chi connectivity index (χ1) is 12.8. The molecule has 2 N–H and O–H groups in total. The van der Waals surface area contributed by atoms with E-state index in [9.17, 15) is 0 Å². The van der Waals surface area contributed by atoms with Crippen LogP contribution in [0.5, 0.6) is 5.75 Å². The highest BCUT2D eigenvalue weighted by atomic mass is 16.5. The average Bonchev–Trinajstić information content (AvgIpc) is 2.72. The molecule has 0 bridgehead atoms. The second-order valence-electron chi connectivity index (χ2n) is 7.27. The Morgan fingerprint density at radius 2 is 1.50 bits per heavy atom. The van der Waals surface area contributed by atoms with Crippen LogP contribution in [-0.2, 0) is 6.42 Å². The number of ether oxygens (including phenoxy) is 1. The van der Waals surface area contributed by atoms with Gasteiger partial charge in [0.2, 0.25) is 0 Å². The molecule has 0 atom stereocenters. The van der Waals surface area contributed by atoms with Crippen molar-refractivity contribution in [1.29, 1.82) is 0 Å². The second kappa shape index (κ2) is 9.75. The molecule has 1 aliphatic heterocycles. The molecule has 0 saturated carbocycles. The van der Waals surface area contributed by atoms with Crippen molar-refractivity contribution in [2.24, 2.45) is 0 Å². The van der Waals surface area contributed by atoms with Crippen LogP contribution in [0, 0.1) is 0 Å². The molecule has 3 rings (SSSR count). The van der Waals surface area contributed by atoms with Gasteiger partial charge >= 0.3 is 0 Å². The van der Waals surface area contributed by atoms with E-state index in [0.717, 1.165) is 18.8 Å². The maximum absolute atomic E-state index is 5.25. The van der Waals surface area contributed by atoms with Crippen LogP contribution in [0.25, 0.3) is 0 Å². The van der Waals surface area contributed by atoms with E-state index >= 15 is 0 Å². The summed E-state index contributed by atoms with van der Waals surface area (Å²) in [6, 6.07) is 17.5. The van der Waals surface area contributed by atoms with E-state index in [2.05, 4.69) is 54.0 Å². The van der Waals surface area contributed by atoms with E-state index in [-0.39, 0.29) is 6.17 Å². The van der Waals surface area contributed by atoms with Crippen LogP contribution in [0.1, 0.15) is 61.4 Å². The van der Waals surface area contributed by atoms with E-state index < -0.39 is 0 Å². The standard InChI is InChI=1S/C23H32N2O/c1-3-4-5-6-7-18-8-10-20(11-9-18)23-24-16-21(17-25-23)19-12-14-22(26-2)15-13-19/h8-15,21,23-25H,3-7,16-17H2,1-2H3. The van der Waals surface area contributed by atoms with Crippen molar-refractivity contribution >= 4 is 0 Å². The predicted molar refractivity (Wildman–Crippen MR) is 109 cm³/mol. The van der Waals surface area contributed by atoms with Gasteiger partial charge in [0.05, 0.1) is 13.3 Å². The van der Waals surface area contributed by atoms with Gasteiger partial charge in [-0.3, -0.25) is 10.6 Å². The zero-order chi connectivity index (χ0) is 18.2. The van der Waals surface area contributed by atoms with E-state index in [1.807, 2.05) is 12.1 Å². The molecule has 1 fully saturated rings. The van der Waals surface area contributed by atoms with Crippen LogP contribution in [-0.4, -0.2) is 20.2 Å². The molecule has 0 spiro atoms. The van der Waals surface area contributed by atoms with Gasteiger partial charge in [0.25, 0.3) is 0 Å². The SMILES string of the molecule is CCCCCCc1ccc(C2NCC(c3ccc(OC)cc3)CN2)cc1. The lowest BCUT2D eigenvalue weighted by Gasteiger charge is -2.32. The molecule has 140 valence electrons. The van der Waals surface area contributed by atoms with E-state index in [0.29, 0.717) is 5.92 Å². The molecule has 0 unspecified atom stereocenters. The summed E-state index contributed by atoms with van der Waals surface area (Å²) in [5.41, 5.74) is 4.14. The van der Waals surface area contributed by atoms with Crippen LogP contribution in [0.2, 0.25) is 0 Å². The van der Waals surface area contributed by atoms with Crippen molar-refractivity contribution in [2.75, 3.05) is 20.2 Å². The minimum Gasteiger partial charge on any atom is -0.497 e. The summed E-state index contributed by atoms with van der Waals surface area (Å²) in [4.78, 5) is 0. The van der Waals surface area contributed by atoms with Gasteiger partial charge in [-0.05, 0) is 41.7 Å². The number of benzene rings is 2. The number of methoxy groups -OCH3 is 1. The quantitative estimate of drug-likeness (QED) is 0.670. The Hall–Kier alpha value is -1.84. The molecule has 1 saturated heterocycles. The normalized spacial score (nSPS) is 20.1. The second-order valence-corrected chi connectivity index (χ2v) is 7.27. The predicted octanol–water partition coefficient (Wildman–Crippen LogP) is 4.79. The third kappa shape index (κ3) is 5.09. The molecular weight excluding hydrogens is 320 g/mol. The fraction of sp³-hybridized carbons (Fsp3) is 0.478. The molecule has 3 heteroatoms. The van der Waals surface area contributed by atoms with E-state index in [1.54, 1.807) is 7.11 Å². The number of unbranched alkanes of at least 4 members (excludes halogenated alkanes) is 3. The van der Waals surface area contributed by atoms with Gasteiger partial charge in [0.15, 0.2) is 0 Å². The highest BCUT2D eigenvalue weighted by Gasteiger charge is 2.22. The molecule has 26 heavy (non-hydrogen) atoms.